The van der Waals surface area contributed by atoms with Crippen molar-refractivity contribution in [3.05, 3.63) is 48.0 Å². The molecule has 0 atom stereocenters. The van der Waals surface area contributed by atoms with E-state index in [9.17, 15) is 4.79 Å². The Kier molecular flexibility index (Phi) is 3.75. The molecular formula is C18H12N4O2S. The normalized spacial score (nSPS) is 11.0. The number of nitriles is 1. The Morgan fingerprint density at radius 3 is 2.88 bits per heavy atom. The van der Waals surface area contributed by atoms with Crippen molar-refractivity contribution in [2.45, 2.75) is 5.16 Å². The highest BCUT2D eigenvalue weighted by Crippen LogP contribution is 2.29. The smallest absolute Gasteiger partial charge is 0.337 e. The fraction of sp³-hybridized carbons (Fsp3) is 0.111. The first-order valence-corrected chi connectivity index (χ1v) is 8.50. The molecule has 0 fully saturated rings. The molecule has 0 spiro atoms. The summed E-state index contributed by atoms with van der Waals surface area (Å²) < 4.78 is 6.74. The summed E-state index contributed by atoms with van der Waals surface area (Å²) in [5, 5.41) is 10.4. The predicted molar refractivity (Wildman–Crippen MR) is 95.7 cm³/mol. The summed E-state index contributed by atoms with van der Waals surface area (Å²) >= 11 is 1.34. The highest BCUT2D eigenvalue weighted by atomic mass is 32.2. The molecule has 122 valence electrons. The molecule has 2 aromatic carbocycles. The minimum absolute atomic E-state index is 0.275. The number of para-hydroxylation sites is 2. The van der Waals surface area contributed by atoms with Crippen LogP contribution in [0.2, 0.25) is 0 Å². The van der Waals surface area contributed by atoms with Gasteiger partial charge in [0.2, 0.25) is 0 Å². The number of thioether (sulfide) groups is 1. The molecule has 2 aromatic heterocycles. The number of esters is 1. The van der Waals surface area contributed by atoms with Gasteiger partial charge in [-0.05, 0) is 30.3 Å². The van der Waals surface area contributed by atoms with Gasteiger partial charge >= 0.3 is 5.97 Å². The summed E-state index contributed by atoms with van der Waals surface area (Å²) in [4.78, 5) is 21.2. The Hall–Kier alpha value is -3.11. The molecule has 0 aliphatic carbocycles. The maximum absolute atomic E-state index is 11.8. The van der Waals surface area contributed by atoms with Crippen molar-refractivity contribution in [3.63, 3.8) is 0 Å². The Morgan fingerprint density at radius 1 is 1.24 bits per heavy atom. The van der Waals surface area contributed by atoms with Crippen molar-refractivity contribution in [3.8, 4) is 6.07 Å². The third-order valence-electron chi connectivity index (χ3n) is 3.89. The van der Waals surface area contributed by atoms with Gasteiger partial charge in [-0.3, -0.25) is 4.40 Å². The standard InChI is InChI=1S/C18H12N4O2S/c1-24-17(23)11-6-7-12-14(10-11)21-18(25-9-8-19)22-15-5-3-2-4-13(15)20-16(12)22/h2-7,10H,9H2,1H3. The molecule has 4 aromatic rings. The van der Waals surface area contributed by atoms with Crippen LogP contribution in [-0.4, -0.2) is 33.2 Å². The number of ether oxygens (including phenoxy) is 1. The number of carbonyl (C=O) groups is 1. The number of fused-ring (bicyclic) bond motifs is 5. The molecule has 2 heterocycles. The molecule has 0 aliphatic rings. The van der Waals surface area contributed by atoms with Crippen LogP contribution in [0.1, 0.15) is 10.4 Å². The van der Waals surface area contributed by atoms with E-state index in [0.29, 0.717) is 16.2 Å². The third-order valence-corrected chi connectivity index (χ3v) is 4.70. The number of methoxy groups -OCH3 is 1. The van der Waals surface area contributed by atoms with Crippen LogP contribution in [0, 0.1) is 11.3 Å². The van der Waals surface area contributed by atoms with Gasteiger partial charge in [0.25, 0.3) is 0 Å². The van der Waals surface area contributed by atoms with E-state index < -0.39 is 5.97 Å². The van der Waals surface area contributed by atoms with Crippen LogP contribution in [0.3, 0.4) is 0 Å². The van der Waals surface area contributed by atoms with Gasteiger partial charge in [-0.1, -0.05) is 23.9 Å². The van der Waals surface area contributed by atoms with E-state index >= 15 is 0 Å². The van der Waals surface area contributed by atoms with E-state index in [1.807, 2.05) is 34.7 Å². The molecule has 0 unspecified atom stereocenters. The van der Waals surface area contributed by atoms with Crippen LogP contribution < -0.4 is 0 Å². The summed E-state index contributed by atoms with van der Waals surface area (Å²) in [7, 11) is 1.35. The van der Waals surface area contributed by atoms with Crippen molar-refractivity contribution >= 4 is 45.3 Å². The number of rotatable bonds is 3. The fourth-order valence-electron chi connectivity index (χ4n) is 2.81. The first kappa shape index (κ1) is 15.4. The molecule has 0 radical (unpaired) electrons. The lowest BCUT2D eigenvalue weighted by Crippen LogP contribution is -2.02. The minimum atomic E-state index is -0.414. The molecule has 6 nitrogen and oxygen atoms in total. The highest BCUT2D eigenvalue weighted by Gasteiger charge is 2.15. The Balaban J connectivity index is 2.09. The second-order valence-corrected chi connectivity index (χ2v) is 6.27. The van der Waals surface area contributed by atoms with E-state index in [2.05, 4.69) is 11.1 Å². The molecule has 0 amide bonds. The number of aromatic nitrogens is 3. The predicted octanol–water partition coefficient (Wildman–Crippen LogP) is 3.44. The van der Waals surface area contributed by atoms with Crippen molar-refractivity contribution < 1.29 is 9.53 Å². The average molecular weight is 348 g/mol. The van der Waals surface area contributed by atoms with E-state index in [1.54, 1.807) is 12.1 Å². The Morgan fingerprint density at radius 2 is 2.08 bits per heavy atom. The molecule has 7 heteroatoms. The summed E-state index contributed by atoms with van der Waals surface area (Å²) in [6, 6.07) is 15.1. The summed E-state index contributed by atoms with van der Waals surface area (Å²) in [6.07, 6.45) is 0. The lowest BCUT2D eigenvalue weighted by atomic mass is 10.1. The van der Waals surface area contributed by atoms with E-state index in [-0.39, 0.29) is 5.75 Å². The number of benzene rings is 2. The lowest BCUT2D eigenvalue weighted by Gasteiger charge is -2.08. The number of hydrogen-bond acceptors (Lipinski definition) is 6. The van der Waals surface area contributed by atoms with Gasteiger partial charge in [-0.2, -0.15) is 5.26 Å². The molecule has 4 rings (SSSR count). The van der Waals surface area contributed by atoms with E-state index in [0.717, 1.165) is 22.1 Å². The van der Waals surface area contributed by atoms with Crippen LogP contribution in [0.4, 0.5) is 0 Å². The van der Waals surface area contributed by atoms with Gasteiger partial charge in [0.1, 0.15) is 5.65 Å². The number of carbonyl (C=O) groups excluding carboxylic acids is 1. The first-order chi connectivity index (χ1) is 12.2. The fourth-order valence-corrected chi connectivity index (χ4v) is 3.48. The zero-order valence-electron chi connectivity index (χ0n) is 13.3. The van der Waals surface area contributed by atoms with Gasteiger partial charge in [0, 0.05) is 5.39 Å². The minimum Gasteiger partial charge on any atom is -0.465 e. The molecule has 0 bridgehead atoms. The second kappa shape index (κ2) is 6.07. The molecule has 0 saturated heterocycles. The molecule has 0 aliphatic heterocycles. The van der Waals surface area contributed by atoms with Crippen LogP contribution in [0.25, 0.3) is 27.6 Å². The lowest BCUT2D eigenvalue weighted by molar-refractivity contribution is 0.0601. The molecule has 25 heavy (non-hydrogen) atoms. The maximum Gasteiger partial charge on any atom is 0.337 e. The number of hydrogen-bond donors (Lipinski definition) is 0. The average Bonchev–Trinajstić information content (AvgIpc) is 3.05. The second-order valence-electron chi connectivity index (χ2n) is 5.32. The molecule has 0 saturated carbocycles. The Bertz CT molecular complexity index is 1180. The van der Waals surface area contributed by atoms with Crippen molar-refractivity contribution in [2.75, 3.05) is 12.9 Å². The number of nitrogens with zero attached hydrogens (tertiary/aromatic N) is 4. The maximum atomic E-state index is 11.8. The quantitative estimate of drug-likeness (QED) is 0.320. The van der Waals surface area contributed by atoms with Gasteiger partial charge < -0.3 is 4.74 Å². The zero-order valence-corrected chi connectivity index (χ0v) is 14.1. The third kappa shape index (κ3) is 2.47. The van der Waals surface area contributed by atoms with Crippen molar-refractivity contribution in [1.29, 1.82) is 5.26 Å². The molecular weight excluding hydrogens is 336 g/mol. The summed E-state index contributed by atoms with van der Waals surface area (Å²) in [6.45, 7) is 0. The van der Waals surface area contributed by atoms with Crippen LogP contribution in [-0.2, 0) is 4.74 Å². The summed E-state index contributed by atoms with van der Waals surface area (Å²) in [5.74, 6) is -0.139. The van der Waals surface area contributed by atoms with Gasteiger partial charge in [-0.25, -0.2) is 14.8 Å². The van der Waals surface area contributed by atoms with Gasteiger partial charge in [0.05, 0.1) is 41.0 Å². The topological polar surface area (TPSA) is 80.3 Å². The highest BCUT2D eigenvalue weighted by molar-refractivity contribution is 7.99. The largest absolute Gasteiger partial charge is 0.465 e. The van der Waals surface area contributed by atoms with Crippen molar-refractivity contribution in [1.82, 2.24) is 14.4 Å². The van der Waals surface area contributed by atoms with Crippen LogP contribution in [0.5, 0.6) is 0 Å². The Labute approximate surface area is 147 Å². The summed E-state index contributed by atoms with van der Waals surface area (Å²) in [5.41, 5.74) is 3.62. The van der Waals surface area contributed by atoms with E-state index in [1.165, 1.54) is 18.9 Å². The van der Waals surface area contributed by atoms with Crippen LogP contribution in [0.15, 0.2) is 47.6 Å². The van der Waals surface area contributed by atoms with Gasteiger partial charge in [-0.15, -0.1) is 0 Å². The zero-order chi connectivity index (χ0) is 17.4. The first-order valence-electron chi connectivity index (χ1n) is 7.52. The monoisotopic (exact) mass is 348 g/mol. The van der Waals surface area contributed by atoms with Crippen molar-refractivity contribution in [2.24, 2.45) is 0 Å². The van der Waals surface area contributed by atoms with E-state index in [4.69, 9.17) is 15.0 Å². The molecule has 0 N–H and O–H groups in total. The number of imidazole rings is 1. The van der Waals surface area contributed by atoms with Crippen LogP contribution >= 0.6 is 11.8 Å². The van der Waals surface area contributed by atoms with Gasteiger partial charge in [0.15, 0.2) is 5.16 Å². The SMILES string of the molecule is COC(=O)c1ccc2c(c1)nc(SCC#N)n1c3ccccc3nc21.